The third-order valence-corrected chi connectivity index (χ3v) is 4.28. The first-order valence-corrected chi connectivity index (χ1v) is 8.24. The average molecular weight is 369 g/mol. The second-order valence-electron chi connectivity index (χ2n) is 5.50. The largest absolute Gasteiger partial charge is 0.380 e. The van der Waals surface area contributed by atoms with Crippen molar-refractivity contribution in [3.8, 4) is 0 Å². The van der Waals surface area contributed by atoms with Gasteiger partial charge in [0.15, 0.2) is 5.78 Å². The normalized spacial score (nSPS) is 10.7. The van der Waals surface area contributed by atoms with Gasteiger partial charge in [-0.15, -0.1) is 0 Å². The molecule has 2 aromatic carbocycles. The predicted molar refractivity (Wildman–Crippen MR) is 98.0 cm³/mol. The van der Waals surface area contributed by atoms with E-state index in [0.717, 1.165) is 32.3 Å². The number of carbonyl (C=O) groups excluding carboxylic acids is 1. The van der Waals surface area contributed by atoms with Gasteiger partial charge in [0.05, 0.1) is 22.5 Å². The summed E-state index contributed by atoms with van der Waals surface area (Å²) in [6.07, 6.45) is 0. The zero-order valence-corrected chi connectivity index (χ0v) is 14.6. The average Bonchev–Trinajstić information content (AvgIpc) is 2.51. The van der Waals surface area contributed by atoms with Crippen molar-refractivity contribution in [2.75, 3.05) is 5.32 Å². The van der Waals surface area contributed by atoms with Crippen molar-refractivity contribution in [2.45, 2.75) is 20.4 Å². The molecule has 3 aromatic rings. The molecule has 0 amide bonds. The van der Waals surface area contributed by atoms with Gasteiger partial charge in [0, 0.05) is 16.4 Å². The highest BCUT2D eigenvalue weighted by atomic mass is 79.9. The minimum atomic E-state index is 0.0255. The van der Waals surface area contributed by atoms with E-state index in [1.54, 1.807) is 6.92 Å². The maximum atomic E-state index is 12.1. The number of ketones is 1. The van der Waals surface area contributed by atoms with Crippen LogP contribution in [0.4, 0.5) is 5.69 Å². The lowest BCUT2D eigenvalue weighted by atomic mass is 10.0. The maximum absolute atomic E-state index is 12.1. The molecule has 0 saturated heterocycles. The van der Waals surface area contributed by atoms with Gasteiger partial charge in [-0.3, -0.25) is 9.78 Å². The number of para-hydroxylation sites is 1. The van der Waals surface area contributed by atoms with Crippen molar-refractivity contribution in [3.63, 3.8) is 0 Å². The second kappa shape index (κ2) is 6.50. The van der Waals surface area contributed by atoms with Gasteiger partial charge < -0.3 is 5.32 Å². The number of hydrogen-bond donors (Lipinski definition) is 1. The van der Waals surface area contributed by atoms with Crippen molar-refractivity contribution in [2.24, 2.45) is 0 Å². The molecule has 3 nitrogen and oxygen atoms in total. The summed E-state index contributed by atoms with van der Waals surface area (Å²) in [5.41, 5.74) is 4.33. The van der Waals surface area contributed by atoms with Gasteiger partial charge >= 0.3 is 0 Å². The molecule has 1 N–H and O–H groups in total. The molecule has 23 heavy (non-hydrogen) atoms. The fraction of sp³-hybridized carbons (Fsp3) is 0.158. The molecule has 0 radical (unpaired) electrons. The number of pyridine rings is 1. The molecule has 4 heteroatoms. The summed E-state index contributed by atoms with van der Waals surface area (Å²) in [6.45, 7) is 4.11. The summed E-state index contributed by atoms with van der Waals surface area (Å²) in [4.78, 5) is 16.7. The van der Waals surface area contributed by atoms with Crippen LogP contribution in [0.1, 0.15) is 28.5 Å². The summed E-state index contributed by atoms with van der Waals surface area (Å²) in [5.74, 6) is 0.0255. The zero-order valence-electron chi connectivity index (χ0n) is 13.1. The van der Waals surface area contributed by atoms with Crippen molar-refractivity contribution < 1.29 is 4.79 Å². The van der Waals surface area contributed by atoms with Gasteiger partial charge in [-0.1, -0.05) is 46.3 Å². The molecule has 3 rings (SSSR count). The SMILES string of the molecule is CC(=O)c1c(C)nc2ccccc2c1NCc1cccc(Br)c1. The number of Topliss-reactive ketones (excluding diaryl/α,β-unsaturated/α-hetero) is 1. The van der Waals surface area contributed by atoms with Crippen LogP contribution in [-0.2, 0) is 6.54 Å². The molecular formula is C19H17BrN2O. The molecular weight excluding hydrogens is 352 g/mol. The fourth-order valence-electron chi connectivity index (χ4n) is 2.79. The van der Waals surface area contributed by atoms with Crippen LogP contribution in [0, 0.1) is 6.92 Å². The smallest absolute Gasteiger partial charge is 0.163 e. The molecule has 1 aromatic heterocycles. The Morgan fingerprint density at radius 3 is 2.70 bits per heavy atom. The topological polar surface area (TPSA) is 42.0 Å². The van der Waals surface area contributed by atoms with Crippen LogP contribution < -0.4 is 5.32 Å². The monoisotopic (exact) mass is 368 g/mol. The Morgan fingerprint density at radius 1 is 1.17 bits per heavy atom. The first kappa shape index (κ1) is 15.7. The summed E-state index contributed by atoms with van der Waals surface area (Å²) in [5, 5.41) is 4.41. The molecule has 0 fully saturated rings. The number of nitrogens with zero attached hydrogens (tertiary/aromatic N) is 1. The van der Waals surface area contributed by atoms with E-state index in [9.17, 15) is 4.79 Å². The van der Waals surface area contributed by atoms with E-state index < -0.39 is 0 Å². The van der Waals surface area contributed by atoms with Gasteiger partial charge in [-0.2, -0.15) is 0 Å². The lowest BCUT2D eigenvalue weighted by Gasteiger charge is -2.15. The van der Waals surface area contributed by atoms with E-state index in [4.69, 9.17) is 0 Å². The zero-order chi connectivity index (χ0) is 16.4. The first-order valence-electron chi connectivity index (χ1n) is 7.45. The van der Waals surface area contributed by atoms with Crippen LogP contribution in [-0.4, -0.2) is 10.8 Å². The molecule has 0 aliphatic heterocycles. The van der Waals surface area contributed by atoms with Gasteiger partial charge in [0.2, 0.25) is 0 Å². The van der Waals surface area contributed by atoms with Crippen LogP contribution in [0.2, 0.25) is 0 Å². The van der Waals surface area contributed by atoms with Crippen LogP contribution >= 0.6 is 15.9 Å². The lowest BCUT2D eigenvalue weighted by molar-refractivity contribution is 0.101. The predicted octanol–water partition coefficient (Wildman–Crippen LogP) is 5.12. The lowest BCUT2D eigenvalue weighted by Crippen LogP contribution is -2.09. The second-order valence-corrected chi connectivity index (χ2v) is 6.42. The Balaban J connectivity index is 2.07. The van der Waals surface area contributed by atoms with Crippen molar-refractivity contribution in [1.82, 2.24) is 4.98 Å². The van der Waals surface area contributed by atoms with E-state index in [-0.39, 0.29) is 5.78 Å². The Hall–Kier alpha value is -2.20. The Bertz CT molecular complexity index is 890. The highest BCUT2D eigenvalue weighted by molar-refractivity contribution is 9.10. The number of anilines is 1. The molecule has 0 bridgehead atoms. The van der Waals surface area contributed by atoms with Gasteiger partial charge in [-0.05, 0) is 37.6 Å². The Labute approximate surface area is 143 Å². The molecule has 0 unspecified atom stereocenters. The van der Waals surface area contributed by atoms with Crippen LogP contribution in [0.15, 0.2) is 53.0 Å². The summed E-state index contributed by atoms with van der Waals surface area (Å²) in [6, 6.07) is 16.0. The van der Waals surface area contributed by atoms with E-state index >= 15 is 0 Å². The summed E-state index contributed by atoms with van der Waals surface area (Å²) >= 11 is 3.49. The Kier molecular flexibility index (Phi) is 4.44. The number of rotatable bonds is 4. The molecule has 0 spiro atoms. The minimum Gasteiger partial charge on any atom is -0.380 e. The minimum absolute atomic E-state index is 0.0255. The van der Waals surface area contributed by atoms with E-state index in [2.05, 4.69) is 38.4 Å². The number of halogens is 1. The van der Waals surface area contributed by atoms with Gasteiger partial charge in [0.1, 0.15) is 0 Å². The van der Waals surface area contributed by atoms with E-state index in [1.807, 2.05) is 43.3 Å². The number of hydrogen-bond acceptors (Lipinski definition) is 3. The molecule has 0 atom stereocenters. The fourth-order valence-corrected chi connectivity index (χ4v) is 3.23. The third-order valence-electron chi connectivity index (χ3n) is 3.78. The standard InChI is InChI=1S/C19H17BrN2O/c1-12-18(13(2)23)19(16-8-3-4-9-17(16)22-12)21-11-14-6-5-7-15(20)10-14/h3-10H,11H2,1-2H3,(H,21,22). The molecule has 1 heterocycles. The number of aromatic nitrogens is 1. The first-order chi connectivity index (χ1) is 11.1. The molecule has 116 valence electrons. The van der Waals surface area contributed by atoms with Crippen LogP contribution in [0.5, 0.6) is 0 Å². The molecule has 0 saturated carbocycles. The molecule has 0 aliphatic rings. The highest BCUT2D eigenvalue weighted by Crippen LogP contribution is 2.29. The number of carbonyl (C=O) groups is 1. The van der Waals surface area contributed by atoms with E-state index in [1.165, 1.54) is 0 Å². The van der Waals surface area contributed by atoms with Crippen molar-refractivity contribution in [3.05, 3.63) is 69.8 Å². The van der Waals surface area contributed by atoms with Crippen LogP contribution in [0.25, 0.3) is 10.9 Å². The Morgan fingerprint density at radius 2 is 1.96 bits per heavy atom. The van der Waals surface area contributed by atoms with Crippen molar-refractivity contribution in [1.29, 1.82) is 0 Å². The van der Waals surface area contributed by atoms with Crippen LogP contribution in [0.3, 0.4) is 0 Å². The number of nitrogens with one attached hydrogen (secondary N) is 1. The quantitative estimate of drug-likeness (QED) is 0.649. The van der Waals surface area contributed by atoms with Crippen molar-refractivity contribution >= 4 is 38.3 Å². The molecule has 0 aliphatic carbocycles. The third kappa shape index (κ3) is 3.27. The van der Waals surface area contributed by atoms with Gasteiger partial charge in [-0.25, -0.2) is 0 Å². The van der Waals surface area contributed by atoms with Gasteiger partial charge in [0.25, 0.3) is 0 Å². The number of aryl methyl sites for hydroxylation is 1. The number of benzene rings is 2. The van der Waals surface area contributed by atoms with E-state index in [0.29, 0.717) is 12.1 Å². The summed E-state index contributed by atoms with van der Waals surface area (Å²) in [7, 11) is 0. The number of fused-ring (bicyclic) bond motifs is 1. The summed E-state index contributed by atoms with van der Waals surface area (Å²) < 4.78 is 1.04. The maximum Gasteiger partial charge on any atom is 0.163 e. The highest BCUT2D eigenvalue weighted by Gasteiger charge is 2.15.